The maximum absolute atomic E-state index is 12.5. The van der Waals surface area contributed by atoms with Gasteiger partial charge in [-0.3, -0.25) is 14.3 Å². The molecule has 0 atom stereocenters. The summed E-state index contributed by atoms with van der Waals surface area (Å²) in [4.78, 5) is 28.8. The van der Waals surface area contributed by atoms with Crippen LogP contribution in [0.15, 0.2) is 33.9 Å². The molecular weight excluding hydrogens is 324 g/mol. The molecule has 0 aliphatic carbocycles. The highest BCUT2D eigenvalue weighted by molar-refractivity contribution is 7.19. The lowest BCUT2D eigenvalue weighted by molar-refractivity contribution is 0.414. The summed E-state index contributed by atoms with van der Waals surface area (Å²) in [6, 6.07) is 7.72. The molecule has 3 aromatic rings. The van der Waals surface area contributed by atoms with E-state index in [0.717, 1.165) is 21.8 Å². The molecule has 1 N–H and O–H groups in total. The molecule has 1 aromatic carbocycles. The first-order chi connectivity index (χ1) is 11.6. The van der Waals surface area contributed by atoms with Crippen LogP contribution in [0.3, 0.4) is 0 Å². The normalized spacial score (nSPS) is 11.5. The number of nitrogens with zero attached hydrogens (tertiary/aromatic N) is 1. The van der Waals surface area contributed by atoms with E-state index >= 15 is 0 Å². The molecule has 0 unspecified atom stereocenters. The number of nitrogens with one attached hydrogen (secondary N) is 1. The average molecular weight is 342 g/mol. The number of methoxy groups -OCH3 is 1. The molecule has 0 aliphatic heterocycles. The summed E-state index contributed by atoms with van der Waals surface area (Å²) < 4.78 is 6.56. The molecule has 24 heavy (non-hydrogen) atoms. The molecular formula is C18H18N2O3S. The molecule has 124 valence electrons. The minimum atomic E-state index is -0.364. The molecule has 0 amide bonds. The number of rotatable bonds is 4. The van der Waals surface area contributed by atoms with Crippen LogP contribution in [0.2, 0.25) is 0 Å². The van der Waals surface area contributed by atoms with Crippen LogP contribution in [0.1, 0.15) is 22.9 Å². The molecule has 0 aliphatic rings. The van der Waals surface area contributed by atoms with Crippen LogP contribution in [-0.2, 0) is 6.54 Å². The third-order valence-electron chi connectivity index (χ3n) is 3.98. The number of aryl methyl sites for hydroxylation is 1. The van der Waals surface area contributed by atoms with Crippen molar-refractivity contribution >= 4 is 33.7 Å². The van der Waals surface area contributed by atoms with Gasteiger partial charge in [0.05, 0.1) is 12.5 Å². The fraction of sp³-hybridized carbons (Fsp3) is 0.222. The van der Waals surface area contributed by atoms with Crippen molar-refractivity contribution < 1.29 is 4.74 Å². The van der Waals surface area contributed by atoms with Crippen molar-refractivity contribution in [3.63, 3.8) is 0 Å². The third-order valence-corrected chi connectivity index (χ3v) is 5.15. The quantitative estimate of drug-likeness (QED) is 0.791. The zero-order valence-corrected chi connectivity index (χ0v) is 14.6. The predicted octanol–water partition coefficient (Wildman–Crippen LogP) is 3.26. The molecule has 6 heteroatoms. The number of aromatic amines is 1. The van der Waals surface area contributed by atoms with E-state index in [1.165, 1.54) is 15.9 Å². The Kier molecular flexibility index (Phi) is 4.40. The number of thiophene rings is 1. The van der Waals surface area contributed by atoms with E-state index in [1.54, 1.807) is 14.0 Å². The van der Waals surface area contributed by atoms with Crippen LogP contribution in [0.5, 0.6) is 5.75 Å². The van der Waals surface area contributed by atoms with Crippen molar-refractivity contribution in [1.82, 2.24) is 9.55 Å². The number of ether oxygens (including phenoxy) is 1. The smallest absolute Gasteiger partial charge is 0.329 e. The summed E-state index contributed by atoms with van der Waals surface area (Å²) in [5.74, 6) is 0.786. The molecule has 0 saturated carbocycles. The van der Waals surface area contributed by atoms with Gasteiger partial charge in [-0.05, 0) is 37.6 Å². The van der Waals surface area contributed by atoms with Gasteiger partial charge in [0.1, 0.15) is 10.6 Å². The average Bonchev–Trinajstić information content (AvgIpc) is 2.89. The highest BCUT2D eigenvalue weighted by atomic mass is 32.1. The summed E-state index contributed by atoms with van der Waals surface area (Å²) >= 11 is 1.41. The van der Waals surface area contributed by atoms with E-state index in [1.807, 2.05) is 43.3 Å². The highest BCUT2D eigenvalue weighted by Crippen LogP contribution is 2.29. The van der Waals surface area contributed by atoms with Gasteiger partial charge < -0.3 is 4.74 Å². The minimum absolute atomic E-state index is 0.234. The topological polar surface area (TPSA) is 64.1 Å². The summed E-state index contributed by atoms with van der Waals surface area (Å²) in [5, 5.41) is 0.584. The Hall–Kier alpha value is -2.60. The number of aromatic nitrogens is 2. The van der Waals surface area contributed by atoms with Crippen molar-refractivity contribution in [2.45, 2.75) is 20.4 Å². The van der Waals surface area contributed by atoms with Crippen LogP contribution in [0, 0.1) is 6.92 Å². The number of fused-ring (bicyclic) bond motifs is 1. The predicted molar refractivity (Wildman–Crippen MR) is 99.0 cm³/mol. The van der Waals surface area contributed by atoms with E-state index in [-0.39, 0.29) is 11.2 Å². The highest BCUT2D eigenvalue weighted by Gasteiger charge is 2.14. The largest absolute Gasteiger partial charge is 0.496 e. The summed E-state index contributed by atoms with van der Waals surface area (Å²) in [6.07, 6.45) is 3.90. The SMILES string of the molecule is CCn1c(=O)[nH]c2sc(/C=C/c3ccccc3OC)c(C)c2c1=O. The molecule has 0 saturated heterocycles. The lowest BCUT2D eigenvalue weighted by Crippen LogP contribution is -2.34. The summed E-state index contributed by atoms with van der Waals surface area (Å²) in [6.45, 7) is 4.04. The van der Waals surface area contributed by atoms with E-state index in [4.69, 9.17) is 4.74 Å². The Labute approximate surface area is 142 Å². The number of para-hydroxylation sites is 1. The molecule has 2 aromatic heterocycles. The second-order valence-electron chi connectivity index (χ2n) is 5.35. The monoisotopic (exact) mass is 342 g/mol. The third kappa shape index (κ3) is 2.69. The standard InChI is InChI=1S/C18H18N2O3S/c1-4-20-17(21)15-11(2)14(24-16(15)19-18(20)22)10-9-12-7-5-6-8-13(12)23-3/h5-10H,4H2,1-3H3,(H,19,22)/b10-9+. The second kappa shape index (κ2) is 6.49. The molecule has 0 fully saturated rings. The first-order valence-electron chi connectivity index (χ1n) is 7.64. The van der Waals surface area contributed by atoms with Crippen LogP contribution < -0.4 is 16.0 Å². The van der Waals surface area contributed by atoms with Crippen LogP contribution >= 0.6 is 11.3 Å². The first-order valence-corrected chi connectivity index (χ1v) is 8.45. The van der Waals surface area contributed by atoms with Gasteiger partial charge in [0, 0.05) is 17.0 Å². The van der Waals surface area contributed by atoms with E-state index in [9.17, 15) is 9.59 Å². The van der Waals surface area contributed by atoms with E-state index in [0.29, 0.717) is 16.8 Å². The van der Waals surface area contributed by atoms with Gasteiger partial charge in [-0.15, -0.1) is 11.3 Å². The summed E-state index contributed by atoms with van der Waals surface area (Å²) in [7, 11) is 1.63. The second-order valence-corrected chi connectivity index (χ2v) is 6.40. The van der Waals surface area contributed by atoms with Crippen LogP contribution in [0.4, 0.5) is 0 Å². The fourth-order valence-electron chi connectivity index (χ4n) is 2.68. The van der Waals surface area contributed by atoms with Gasteiger partial charge in [0.15, 0.2) is 0 Å². The zero-order valence-electron chi connectivity index (χ0n) is 13.8. The van der Waals surface area contributed by atoms with Crippen LogP contribution in [-0.4, -0.2) is 16.7 Å². The van der Waals surface area contributed by atoms with Crippen molar-refractivity contribution in [3.8, 4) is 5.75 Å². The van der Waals surface area contributed by atoms with Gasteiger partial charge in [-0.1, -0.05) is 18.2 Å². The number of hydrogen-bond donors (Lipinski definition) is 1. The van der Waals surface area contributed by atoms with E-state index in [2.05, 4.69) is 4.98 Å². The molecule has 3 rings (SSSR count). The van der Waals surface area contributed by atoms with Gasteiger partial charge in [-0.25, -0.2) is 4.79 Å². The zero-order chi connectivity index (χ0) is 17.3. The van der Waals surface area contributed by atoms with Gasteiger partial charge in [0.2, 0.25) is 0 Å². The number of H-pyrrole nitrogens is 1. The number of hydrogen-bond acceptors (Lipinski definition) is 4. The van der Waals surface area contributed by atoms with Crippen molar-refractivity contribution in [2.75, 3.05) is 7.11 Å². The van der Waals surface area contributed by atoms with Gasteiger partial charge in [0.25, 0.3) is 5.56 Å². The van der Waals surface area contributed by atoms with Crippen LogP contribution in [0.25, 0.3) is 22.4 Å². The molecule has 5 nitrogen and oxygen atoms in total. The van der Waals surface area contributed by atoms with Crippen molar-refractivity contribution in [1.29, 1.82) is 0 Å². The Morgan fingerprint density at radius 2 is 2.00 bits per heavy atom. The maximum atomic E-state index is 12.5. The molecule has 0 bridgehead atoms. The Bertz CT molecular complexity index is 1040. The molecule has 0 radical (unpaired) electrons. The van der Waals surface area contributed by atoms with Crippen molar-refractivity contribution in [3.05, 3.63) is 61.1 Å². The maximum Gasteiger partial charge on any atom is 0.329 e. The molecule has 0 spiro atoms. The number of benzene rings is 1. The minimum Gasteiger partial charge on any atom is -0.496 e. The molecule has 2 heterocycles. The Balaban J connectivity index is 2.13. The van der Waals surface area contributed by atoms with Gasteiger partial charge in [-0.2, -0.15) is 0 Å². The van der Waals surface area contributed by atoms with E-state index < -0.39 is 0 Å². The Morgan fingerprint density at radius 1 is 1.25 bits per heavy atom. The first kappa shape index (κ1) is 16.3. The fourth-order valence-corrected chi connectivity index (χ4v) is 3.78. The summed E-state index contributed by atoms with van der Waals surface area (Å²) in [5.41, 5.74) is 1.24. The van der Waals surface area contributed by atoms with Crippen molar-refractivity contribution in [2.24, 2.45) is 0 Å². The van der Waals surface area contributed by atoms with Gasteiger partial charge >= 0.3 is 5.69 Å². The Morgan fingerprint density at radius 3 is 2.71 bits per heavy atom. The lowest BCUT2D eigenvalue weighted by Gasteiger charge is -2.03. The lowest BCUT2D eigenvalue weighted by atomic mass is 10.1.